The second-order valence-corrected chi connectivity index (χ2v) is 4.97. The summed E-state index contributed by atoms with van der Waals surface area (Å²) in [5.41, 5.74) is 3.01. The number of phenols is 1. The van der Waals surface area contributed by atoms with Crippen molar-refractivity contribution in [3.63, 3.8) is 0 Å². The van der Waals surface area contributed by atoms with Crippen LogP contribution in [0.3, 0.4) is 0 Å². The van der Waals surface area contributed by atoms with Crippen molar-refractivity contribution in [1.29, 1.82) is 0 Å². The molecule has 1 aliphatic rings. The zero-order valence-corrected chi connectivity index (χ0v) is 11.8. The van der Waals surface area contributed by atoms with Crippen LogP contribution in [0.2, 0.25) is 0 Å². The Kier molecular flexibility index (Phi) is 3.79. The number of aliphatic imine (C=N–C) groups is 3. The van der Waals surface area contributed by atoms with E-state index in [-0.39, 0.29) is 5.75 Å². The van der Waals surface area contributed by atoms with E-state index in [4.69, 9.17) is 11.6 Å². The predicted molar refractivity (Wildman–Crippen MR) is 87.4 cm³/mol. The number of hydrogen-bond donors (Lipinski definition) is 1. The van der Waals surface area contributed by atoms with Crippen LogP contribution in [0.25, 0.3) is 0 Å². The van der Waals surface area contributed by atoms with Crippen LogP contribution in [-0.2, 0) is 0 Å². The quantitative estimate of drug-likeness (QED) is 0.813. The normalized spacial score (nSPS) is 14.3. The maximum Gasteiger partial charge on any atom is 0.115 e. The van der Waals surface area contributed by atoms with E-state index in [9.17, 15) is 5.11 Å². The van der Waals surface area contributed by atoms with Crippen molar-refractivity contribution in [2.75, 3.05) is 0 Å². The summed E-state index contributed by atoms with van der Waals surface area (Å²) in [5.74, 6) is 0.213. The van der Waals surface area contributed by atoms with Crippen LogP contribution in [0.5, 0.6) is 5.75 Å². The second kappa shape index (κ2) is 5.89. The van der Waals surface area contributed by atoms with Crippen LogP contribution < -0.4 is 0 Å². The molecule has 0 radical (unpaired) electrons. The van der Waals surface area contributed by atoms with Crippen molar-refractivity contribution in [1.82, 2.24) is 0 Å². The third-order valence-corrected chi connectivity index (χ3v) is 3.15. The lowest BCUT2D eigenvalue weighted by Crippen LogP contribution is -2.03. The minimum Gasteiger partial charge on any atom is -0.508 e. The van der Waals surface area contributed by atoms with Gasteiger partial charge in [0.15, 0.2) is 0 Å². The standard InChI is InChI=1S/C16H12ClN3O/c17-16-9-12(10-18-11-5-7-13(21)8-6-11)19-14-3-1-2-4-15(14)20-16/h1-8,10,21H,9H2. The van der Waals surface area contributed by atoms with E-state index in [0.29, 0.717) is 11.6 Å². The molecule has 0 bridgehead atoms. The van der Waals surface area contributed by atoms with Gasteiger partial charge in [0.1, 0.15) is 10.9 Å². The van der Waals surface area contributed by atoms with Gasteiger partial charge in [0.2, 0.25) is 0 Å². The molecule has 5 heteroatoms. The van der Waals surface area contributed by atoms with Crippen molar-refractivity contribution in [2.24, 2.45) is 15.0 Å². The third kappa shape index (κ3) is 3.35. The van der Waals surface area contributed by atoms with E-state index in [0.717, 1.165) is 22.8 Å². The first kappa shape index (κ1) is 13.5. The Morgan fingerprint density at radius 2 is 1.67 bits per heavy atom. The highest BCUT2D eigenvalue weighted by Gasteiger charge is 2.10. The zero-order valence-electron chi connectivity index (χ0n) is 11.1. The number of rotatable bonds is 2. The lowest BCUT2D eigenvalue weighted by molar-refractivity contribution is 0.475. The van der Waals surface area contributed by atoms with Gasteiger partial charge < -0.3 is 5.11 Å². The molecule has 0 aliphatic carbocycles. The molecule has 1 aliphatic heterocycles. The molecule has 0 spiro atoms. The molecule has 0 fully saturated rings. The van der Waals surface area contributed by atoms with Gasteiger partial charge in [0.05, 0.1) is 22.8 Å². The average Bonchev–Trinajstić information content (AvgIpc) is 2.64. The zero-order chi connectivity index (χ0) is 14.7. The third-order valence-electron chi connectivity index (χ3n) is 2.93. The fraction of sp³-hybridized carbons (Fsp3) is 0.0625. The molecule has 2 aromatic carbocycles. The number of aromatic hydroxyl groups is 1. The largest absolute Gasteiger partial charge is 0.508 e. The van der Waals surface area contributed by atoms with Gasteiger partial charge in [-0.15, -0.1) is 0 Å². The molecule has 1 heterocycles. The summed E-state index contributed by atoms with van der Waals surface area (Å²) in [6.07, 6.45) is 2.12. The Hall–Kier alpha value is -2.46. The van der Waals surface area contributed by atoms with Gasteiger partial charge >= 0.3 is 0 Å². The molecule has 0 unspecified atom stereocenters. The summed E-state index contributed by atoms with van der Waals surface area (Å²) in [6, 6.07) is 14.2. The van der Waals surface area contributed by atoms with Gasteiger partial charge in [-0.2, -0.15) is 0 Å². The molecule has 3 rings (SSSR count). The molecule has 0 saturated carbocycles. The number of halogens is 1. The first-order chi connectivity index (χ1) is 10.2. The highest BCUT2D eigenvalue weighted by molar-refractivity contribution is 6.68. The van der Waals surface area contributed by atoms with Crippen LogP contribution in [-0.4, -0.2) is 22.2 Å². The van der Waals surface area contributed by atoms with Crippen LogP contribution in [0.1, 0.15) is 6.42 Å². The van der Waals surface area contributed by atoms with Crippen molar-refractivity contribution in [3.8, 4) is 5.75 Å². The fourth-order valence-electron chi connectivity index (χ4n) is 1.93. The first-order valence-electron chi connectivity index (χ1n) is 6.43. The highest BCUT2D eigenvalue weighted by Crippen LogP contribution is 2.30. The Morgan fingerprint density at radius 1 is 1.00 bits per heavy atom. The first-order valence-corrected chi connectivity index (χ1v) is 6.81. The van der Waals surface area contributed by atoms with E-state index in [1.165, 1.54) is 0 Å². The maximum atomic E-state index is 9.25. The van der Waals surface area contributed by atoms with Gasteiger partial charge in [0, 0.05) is 12.6 Å². The molecule has 0 saturated heterocycles. The second-order valence-electron chi connectivity index (χ2n) is 4.53. The van der Waals surface area contributed by atoms with E-state index in [2.05, 4.69) is 15.0 Å². The maximum absolute atomic E-state index is 9.25. The molecular formula is C16H12ClN3O. The topological polar surface area (TPSA) is 57.3 Å². The Morgan fingerprint density at radius 3 is 2.38 bits per heavy atom. The fourth-order valence-corrected chi connectivity index (χ4v) is 2.16. The van der Waals surface area contributed by atoms with Crippen molar-refractivity contribution < 1.29 is 5.11 Å². The SMILES string of the molecule is Oc1ccc(N=CC2=Nc3ccccc3N=C(Cl)C2)cc1. The molecule has 0 aromatic heterocycles. The molecule has 104 valence electrons. The predicted octanol–water partition coefficient (Wildman–Crippen LogP) is 4.54. The van der Waals surface area contributed by atoms with Gasteiger partial charge in [-0.3, -0.25) is 4.99 Å². The lowest BCUT2D eigenvalue weighted by Gasteiger charge is -1.98. The van der Waals surface area contributed by atoms with Gasteiger partial charge in [-0.05, 0) is 36.4 Å². The number of fused-ring (bicyclic) bond motifs is 1. The van der Waals surface area contributed by atoms with Crippen molar-refractivity contribution in [2.45, 2.75) is 6.42 Å². The van der Waals surface area contributed by atoms with Crippen LogP contribution in [0.4, 0.5) is 17.1 Å². The number of nitrogens with zero attached hydrogens (tertiary/aromatic N) is 3. The van der Waals surface area contributed by atoms with E-state index in [1.807, 2.05) is 24.3 Å². The lowest BCUT2D eigenvalue weighted by atomic mass is 10.2. The summed E-state index contributed by atoms with van der Waals surface area (Å²) in [4.78, 5) is 13.2. The van der Waals surface area contributed by atoms with Crippen LogP contribution in [0.15, 0.2) is 63.5 Å². The Bertz CT molecular complexity index is 748. The molecule has 0 atom stereocenters. The number of para-hydroxylation sites is 2. The minimum absolute atomic E-state index is 0.213. The number of phenolic OH excluding ortho intramolecular Hbond substituents is 1. The number of benzene rings is 2. The molecular weight excluding hydrogens is 286 g/mol. The van der Waals surface area contributed by atoms with Gasteiger partial charge in [-0.1, -0.05) is 23.7 Å². The minimum atomic E-state index is 0.213. The summed E-state index contributed by atoms with van der Waals surface area (Å²) in [7, 11) is 0. The van der Waals surface area contributed by atoms with Gasteiger partial charge in [0.25, 0.3) is 0 Å². The van der Waals surface area contributed by atoms with E-state index in [1.54, 1.807) is 30.5 Å². The number of hydrogen-bond acceptors (Lipinski definition) is 4. The van der Waals surface area contributed by atoms with Crippen molar-refractivity contribution in [3.05, 3.63) is 48.5 Å². The summed E-state index contributed by atoms with van der Waals surface area (Å²) in [5, 5.41) is 9.73. The molecule has 2 aromatic rings. The monoisotopic (exact) mass is 297 g/mol. The summed E-state index contributed by atoms with van der Waals surface area (Å²) in [6.45, 7) is 0. The van der Waals surface area contributed by atoms with E-state index >= 15 is 0 Å². The van der Waals surface area contributed by atoms with Gasteiger partial charge in [-0.25, -0.2) is 9.98 Å². The average molecular weight is 298 g/mol. The Balaban J connectivity index is 1.91. The summed E-state index contributed by atoms with van der Waals surface area (Å²) >= 11 is 6.12. The molecule has 21 heavy (non-hydrogen) atoms. The molecule has 4 nitrogen and oxygen atoms in total. The van der Waals surface area contributed by atoms with Crippen molar-refractivity contribution >= 4 is 45.8 Å². The molecule has 1 N–H and O–H groups in total. The van der Waals surface area contributed by atoms with Crippen LogP contribution >= 0.6 is 11.6 Å². The van der Waals surface area contributed by atoms with Crippen LogP contribution in [0, 0.1) is 0 Å². The smallest absolute Gasteiger partial charge is 0.115 e. The van der Waals surface area contributed by atoms with E-state index < -0.39 is 0 Å². The Labute approximate surface area is 127 Å². The summed E-state index contributed by atoms with van der Waals surface area (Å²) < 4.78 is 0. The highest BCUT2D eigenvalue weighted by atomic mass is 35.5. The molecule has 0 amide bonds.